The van der Waals surface area contributed by atoms with Crippen LogP contribution in [0.5, 0.6) is 0 Å². The second-order valence-corrected chi connectivity index (χ2v) is 8.37. The highest BCUT2D eigenvalue weighted by Crippen LogP contribution is 2.41. The Balaban J connectivity index is 1.82. The van der Waals surface area contributed by atoms with E-state index in [1.165, 1.54) is 6.20 Å². The third-order valence-electron chi connectivity index (χ3n) is 5.76. The van der Waals surface area contributed by atoms with E-state index < -0.39 is 25.0 Å². The SMILES string of the molecule is [2H]C([2H])([2H])c1cnc(-c2ccc(C([2H])(C)c3ccccc3)c3c2oc2ccccc23)cc1C([2H])([2H])C(C)C. The molecule has 0 saturated heterocycles. The molecule has 5 rings (SSSR count). The molecule has 0 radical (unpaired) electrons. The van der Waals surface area contributed by atoms with Crippen LogP contribution in [0, 0.1) is 12.8 Å². The maximum atomic E-state index is 9.37. The summed E-state index contributed by atoms with van der Waals surface area (Å²) in [5.74, 6) is -1.54. The molecule has 0 saturated carbocycles. The van der Waals surface area contributed by atoms with E-state index in [9.17, 15) is 1.37 Å². The van der Waals surface area contributed by atoms with Gasteiger partial charge in [-0.05, 0) is 59.6 Å². The van der Waals surface area contributed by atoms with Crippen molar-refractivity contribution in [2.24, 2.45) is 5.92 Å². The summed E-state index contributed by atoms with van der Waals surface area (Å²) in [7, 11) is 0. The maximum absolute atomic E-state index is 9.37. The molecule has 2 heteroatoms. The van der Waals surface area contributed by atoms with Gasteiger partial charge < -0.3 is 4.42 Å². The molecule has 0 spiro atoms. The van der Waals surface area contributed by atoms with Crippen LogP contribution < -0.4 is 0 Å². The molecule has 5 aromatic rings. The monoisotopic (exact) mass is 425 g/mol. The van der Waals surface area contributed by atoms with Crippen molar-refractivity contribution in [2.75, 3.05) is 0 Å². The largest absolute Gasteiger partial charge is 0.455 e. The second-order valence-electron chi connectivity index (χ2n) is 8.37. The minimum absolute atomic E-state index is 0.0970. The first-order valence-electron chi connectivity index (χ1n) is 13.8. The van der Waals surface area contributed by atoms with Crippen LogP contribution in [0.2, 0.25) is 0 Å². The molecule has 0 aliphatic carbocycles. The lowest BCUT2D eigenvalue weighted by atomic mass is 9.88. The Kier molecular flexibility index (Phi) is 3.78. The van der Waals surface area contributed by atoms with Gasteiger partial charge in [0.2, 0.25) is 0 Å². The van der Waals surface area contributed by atoms with E-state index in [1.807, 2.05) is 73.7 Å². The predicted octanol–water partition coefficient (Wildman–Crippen LogP) is 8.31. The maximum Gasteiger partial charge on any atom is 0.145 e. The number of aryl methyl sites for hydroxylation is 1. The van der Waals surface area contributed by atoms with E-state index in [1.54, 1.807) is 19.9 Å². The van der Waals surface area contributed by atoms with E-state index >= 15 is 0 Å². The molecular weight excluding hydrogens is 390 g/mol. The molecular formula is C30H29NO. The minimum atomic E-state index is -2.51. The van der Waals surface area contributed by atoms with Gasteiger partial charge in [0, 0.05) is 36.7 Å². The number of hydrogen-bond acceptors (Lipinski definition) is 2. The summed E-state index contributed by atoms with van der Waals surface area (Å²) in [6, 6.07) is 22.6. The quantitative estimate of drug-likeness (QED) is 0.283. The first-order valence-corrected chi connectivity index (χ1v) is 10.8. The number of para-hydroxylation sites is 1. The second kappa shape index (κ2) is 8.27. The van der Waals surface area contributed by atoms with Crippen molar-refractivity contribution in [3.8, 4) is 11.3 Å². The Morgan fingerprint density at radius 1 is 1.00 bits per heavy atom. The Hall–Kier alpha value is -3.39. The lowest BCUT2D eigenvalue weighted by Crippen LogP contribution is -2.00. The third-order valence-corrected chi connectivity index (χ3v) is 5.76. The van der Waals surface area contributed by atoms with Gasteiger partial charge in [-0.25, -0.2) is 0 Å². The molecule has 160 valence electrons. The van der Waals surface area contributed by atoms with Crippen LogP contribution in [-0.4, -0.2) is 4.98 Å². The van der Waals surface area contributed by atoms with E-state index in [4.69, 9.17) is 11.3 Å². The zero-order valence-electron chi connectivity index (χ0n) is 24.4. The standard InChI is InChI=1S/C30H29NO/c1-19(2)16-23-17-27(31-18-20(23)3)25-15-14-24(21(4)22-10-6-5-7-11-22)29-26-12-8-9-13-28(26)32-30(25)29/h5-15,17-19,21H,16H2,1-4H3/i3D3,16D2,21D. The third kappa shape index (κ3) is 3.60. The molecule has 2 aromatic heterocycles. The van der Waals surface area contributed by atoms with E-state index in [-0.39, 0.29) is 11.1 Å². The summed E-state index contributed by atoms with van der Waals surface area (Å²) in [5.41, 5.74) is 3.83. The number of furan rings is 1. The van der Waals surface area contributed by atoms with Gasteiger partial charge in [-0.2, -0.15) is 0 Å². The Morgan fingerprint density at radius 3 is 2.56 bits per heavy atom. The van der Waals surface area contributed by atoms with E-state index in [0.717, 1.165) is 21.9 Å². The average molecular weight is 426 g/mol. The van der Waals surface area contributed by atoms with Crippen molar-refractivity contribution in [2.45, 2.75) is 39.9 Å². The summed E-state index contributed by atoms with van der Waals surface area (Å²) >= 11 is 0. The molecule has 0 bridgehead atoms. The summed E-state index contributed by atoms with van der Waals surface area (Å²) < 4.78 is 57.1. The lowest BCUT2D eigenvalue weighted by Gasteiger charge is -2.16. The summed E-state index contributed by atoms with van der Waals surface area (Å²) in [6.45, 7) is 2.81. The molecule has 2 heterocycles. The molecule has 1 unspecified atom stereocenters. The number of hydrogen-bond donors (Lipinski definition) is 0. The fraction of sp³-hybridized carbons (Fsp3) is 0.233. The first kappa shape index (κ1) is 14.6. The van der Waals surface area contributed by atoms with Crippen LogP contribution in [0.3, 0.4) is 0 Å². The normalized spacial score (nSPS) is 17.2. The van der Waals surface area contributed by atoms with Crippen molar-refractivity contribution in [3.63, 3.8) is 0 Å². The van der Waals surface area contributed by atoms with Crippen LogP contribution in [0.15, 0.2) is 83.4 Å². The zero-order valence-corrected chi connectivity index (χ0v) is 18.4. The Bertz CT molecular complexity index is 1630. The summed E-state index contributed by atoms with van der Waals surface area (Å²) in [5, 5.41) is 1.65. The van der Waals surface area contributed by atoms with Gasteiger partial charge in [-0.3, -0.25) is 4.98 Å². The number of benzene rings is 3. The highest BCUT2D eigenvalue weighted by molar-refractivity contribution is 6.11. The molecule has 2 nitrogen and oxygen atoms in total. The van der Waals surface area contributed by atoms with Gasteiger partial charge >= 0.3 is 0 Å². The topological polar surface area (TPSA) is 26.0 Å². The van der Waals surface area contributed by atoms with Crippen LogP contribution in [0.4, 0.5) is 0 Å². The van der Waals surface area contributed by atoms with Crippen LogP contribution in [0.1, 0.15) is 57.1 Å². The predicted molar refractivity (Wildman–Crippen MR) is 134 cm³/mol. The fourth-order valence-corrected chi connectivity index (χ4v) is 4.22. The highest BCUT2D eigenvalue weighted by Gasteiger charge is 2.20. The molecule has 32 heavy (non-hydrogen) atoms. The molecule has 0 aliphatic rings. The number of fused-ring (bicyclic) bond motifs is 3. The molecule has 1 atom stereocenters. The van der Waals surface area contributed by atoms with Crippen molar-refractivity contribution in [3.05, 3.63) is 101 Å². The zero-order chi connectivity index (χ0) is 27.5. The Morgan fingerprint density at radius 2 is 1.78 bits per heavy atom. The number of nitrogens with zero attached hydrogens (tertiary/aromatic N) is 1. The number of pyridine rings is 1. The fourth-order valence-electron chi connectivity index (χ4n) is 4.22. The number of rotatable bonds is 5. The molecule has 0 fully saturated rings. The highest BCUT2D eigenvalue weighted by atomic mass is 16.3. The molecule has 0 N–H and O–H groups in total. The van der Waals surface area contributed by atoms with Crippen LogP contribution >= 0.6 is 0 Å². The Labute approximate surface area is 198 Å². The van der Waals surface area contributed by atoms with Gasteiger partial charge in [-0.1, -0.05) is 75.4 Å². The summed E-state index contributed by atoms with van der Waals surface area (Å²) in [6.07, 6.45) is -0.625. The smallest absolute Gasteiger partial charge is 0.145 e. The average Bonchev–Trinajstić information content (AvgIpc) is 3.27. The van der Waals surface area contributed by atoms with Gasteiger partial charge in [-0.15, -0.1) is 0 Å². The van der Waals surface area contributed by atoms with Crippen LogP contribution in [-0.2, 0) is 6.37 Å². The van der Waals surface area contributed by atoms with Crippen molar-refractivity contribution < 1.29 is 12.6 Å². The minimum Gasteiger partial charge on any atom is -0.455 e. The van der Waals surface area contributed by atoms with Gasteiger partial charge in [0.15, 0.2) is 0 Å². The van der Waals surface area contributed by atoms with Crippen molar-refractivity contribution in [1.29, 1.82) is 0 Å². The van der Waals surface area contributed by atoms with Crippen LogP contribution in [0.25, 0.3) is 33.2 Å². The molecule has 3 aromatic carbocycles. The van der Waals surface area contributed by atoms with E-state index in [0.29, 0.717) is 22.4 Å². The van der Waals surface area contributed by atoms with Gasteiger partial charge in [0.05, 0.1) is 5.69 Å². The molecule has 0 amide bonds. The number of aromatic nitrogens is 1. The lowest BCUT2D eigenvalue weighted by molar-refractivity contribution is 0.644. The van der Waals surface area contributed by atoms with Crippen molar-refractivity contribution >= 4 is 21.9 Å². The van der Waals surface area contributed by atoms with Gasteiger partial charge in [0.1, 0.15) is 11.2 Å². The van der Waals surface area contributed by atoms with E-state index in [2.05, 4.69) is 4.98 Å². The summed E-state index contributed by atoms with van der Waals surface area (Å²) in [4.78, 5) is 4.49. The first-order chi connectivity index (χ1) is 17.8. The van der Waals surface area contributed by atoms with Gasteiger partial charge in [0.25, 0.3) is 0 Å². The molecule has 0 aliphatic heterocycles. The van der Waals surface area contributed by atoms with Crippen molar-refractivity contribution in [1.82, 2.24) is 4.98 Å².